The van der Waals surface area contributed by atoms with Crippen molar-refractivity contribution in [1.82, 2.24) is 0 Å². The van der Waals surface area contributed by atoms with Gasteiger partial charge in [0.15, 0.2) is 34.5 Å². The van der Waals surface area contributed by atoms with Crippen LogP contribution >= 0.6 is 11.8 Å². The van der Waals surface area contributed by atoms with Gasteiger partial charge in [0.1, 0.15) is 11.5 Å². The van der Waals surface area contributed by atoms with Gasteiger partial charge in [-0.2, -0.15) is 0 Å². The fourth-order valence-corrected chi connectivity index (χ4v) is 4.39. The van der Waals surface area contributed by atoms with E-state index in [9.17, 15) is 40.9 Å². The van der Waals surface area contributed by atoms with Crippen molar-refractivity contribution in [3.8, 4) is 68.2 Å². The monoisotopic (exact) mass is 466 g/mol. The van der Waals surface area contributed by atoms with Crippen molar-refractivity contribution in [3.63, 3.8) is 0 Å². The third-order valence-electron chi connectivity index (χ3n) is 4.91. The summed E-state index contributed by atoms with van der Waals surface area (Å²) in [5, 5.41) is 79.0. The molecule has 0 amide bonds. The predicted octanol–water partition coefficient (Wildman–Crippen LogP) is 4.82. The standard InChI is InChI=1S/C24H18O8S/c25-13-1-3-21(15(9-13)11-5-17(27)23(31)18(28)6-11)33-22-4-2-14(26)10-16(22)12-7-19(29)24(32)20(30)8-12/h1-10,25-32H. The van der Waals surface area contributed by atoms with Gasteiger partial charge in [-0.05, 0) is 82.9 Å². The zero-order chi connectivity index (χ0) is 23.9. The molecule has 0 radical (unpaired) electrons. The molecule has 0 aliphatic carbocycles. The van der Waals surface area contributed by atoms with E-state index in [0.717, 1.165) is 0 Å². The third-order valence-corrected chi connectivity index (χ3v) is 6.06. The number of aromatic hydroxyl groups is 8. The maximum absolute atomic E-state index is 10.0. The Hall–Kier alpha value is -4.37. The molecule has 0 atom stereocenters. The average Bonchev–Trinajstić information content (AvgIpc) is 2.77. The summed E-state index contributed by atoms with van der Waals surface area (Å²) >= 11 is 1.21. The fraction of sp³-hybridized carbons (Fsp3) is 0. The lowest BCUT2D eigenvalue weighted by Crippen LogP contribution is -1.87. The van der Waals surface area contributed by atoms with Crippen LogP contribution in [0, 0.1) is 0 Å². The minimum Gasteiger partial charge on any atom is -0.508 e. The SMILES string of the molecule is Oc1ccc(Sc2ccc(O)cc2-c2cc(O)c(O)c(O)c2)c(-c2cc(O)c(O)c(O)c2)c1. The number of benzene rings is 4. The van der Waals surface area contributed by atoms with E-state index in [1.165, 1.54) is 60.3 Å². The van der Waals surface area contributed by atoms with Gasteiger partial charge in [-0.15, -0.1) is 0 Å². The molecular formula is C24H18O8S. The first kappa shape index (κ1) is 21.8. The summed E-state index contributed by atoms with van der Waals surface area (Å²) in [6.45, 7) is 0. The van der Waals surface area contributed by atoms with Crippen LogP contribution in [0.5, 0.6) is 46.0 Å². The van der Waals surface area contributed by atoms with Crippen LogP contribution in [-0.2, 0) is 0 Å². The maximum Gasteiger partial charge on any atom is 0.200 e. The number of phenolic OH excluding ortho intramolecular Hbond substituents is 8. The highest BCUT2D eigenvalue weighted by atomic mass is 32.2. The second kappa shape index (κ2) is 8.29. The van der Waals surface area contributed by atoms with Crippen LogP contribution in [0.3, 0.4) is 0 Å². The summed E-state index contributed by atoms with van der Waals surface area (Å²) < 4.78 is 0. The molecule has 168 valence electrons. The van der Waals surface area contributed by atoms with Gasteiger partial charge in [-0.25, -0.2) is 0 Å². The topological polar surface area (TPSA) is 162 Å². The Morgan fingerprint density at radius 1 is 0.424 bits per heavy atom. The van der Waals surface area contributed by atoms with Gasteiger partial charge in [0.2, 0.25) is 0 Å². The van der Waals surface area contributed by atoms with Gasteiger partial charge in [-0.3, -0.25) is 0 Å². The Bertz CT molecular complexity index is 1230. The van der Waals surface area contributed by atoms with E-state index in [1.807, 2.05) is 0 Å². The van der Waals surface area contributed by atoms with E-state index < -0.39 is 34.5 Å². The van der Waals surface area contributed by atoms with Crippen LogP contribution in [0.15, 0.2) is 70.5 Å². The van der Waals surface area contributed by atoms with E-state index in [0.29, 0.717) is 32.0 Å². The van der Waals surface area contributed by atoms with Gasteiger partial charge in [0, 0.05) is 9.79 Å². The first-order valence-electron chi connectivity index (χ1n) is 9.48. The minimum absolute atomic E-state index is 0.0688. The molecule has 4 aromatic carbocycles. The quantitative estimate of drug-likeness (QED) is 0.197. The Morgan fingerprint density at radius 3 is 1.09 bits per heavy atom. The molecule has 4 aromatic rings. The van der Waals surface area contributed by atoms with E-state index in [2.05, 4.69) is 0 Å². The summed E-state index contributed by atoms with van der Waals surface area (Å²) in [4.78, 5) is 1.16. The Balaban J connectivity index is 1.85. The van der Waals surface area contributed by atoms with Crippen molar-refractivity contribution >= 4 is 11.8 Å². The van der Waals surface area contributed by atoms with Crippen molar-refractivity contribution in [2.24, 2.45) is 0 Å². The number of hydrogen-bond donors (Lipinski definition) is 8. The molecule has 0 aliphatic rings. The molecular weight excluding hydrogens is 448 g/mol. The van der Waals surface area contributed by atoms with Gasteiger partial charge < -0.3 is 40.9 Å². The summed E-state index contributed by atoms with van der Waals surface area (Å²) in [6.07, 6.45) is 0. The van der Waals surface area contributed by atoms with Gasteiger partial charge >= 0.3 is 0 Å². The number of hydrogen-bond acceptors (Lipinski definition) is 9. The molecule has 8 nitrogen and oxygen atoms in total. The Labute approximate surface area is 191 Å². The lowest BCUT2D eigenvalue weighted by molar-refractivity contribution is 0.368. The van der Waals surface area contributed by atoms with Gasteiger partial charge in [0.05, 0.1) is 0 Å². The third kappa shape index (κ3) is 4.21. The first-order valence-corrected chi connectivity index (χ1v) is 10.3. The average molecular weight is 466 g/mol. The number of rotatable bonds is 4. The molecule has 8 N–H and O–H groups in total. The summed E-state index contributed by atoms with van der Waals surface area (Å²) in [7, 11) is 0. The Morgan fingerprint density at radius 2 is 0.758 bits per heavy atom. The summed E-state index contributed by atoms with van der Waals surface area (Å²) in [5.41, 5.74) is 1.50. The molecule has 0 bridgehead atoms. The van der Waals surface area contributed by atoms with Crippen molar-refractivity contribution in [3.05, 3.63) is 60.7 Å². The van der Waals surface area contributed by atoms with Crippen molar-refractivity contribution < 1.29 is 40.9 Å². The second-order valence-electron chi connectivity index (χ2n) is 7.19. The zero-order valence-corrected chi connectivity index (χ0v) is 17.6. The largest absolute Gasteiger partial charge is 0.508 e. The lowest BCUT2D eigenvalue weighted by atomic mass is 10.0. The molecule has 0 saturated carbocycles. The molecule has 0 saturated heterocycles. The summed E-state index contributed by atoms with van der Waals surface area (Å²) in [5.74, 6) is -3.62. The normalized spacial score (nSPS) is 10.9. The van der Waals surface area contributed by atoms with Crippen LogP contribution in [0.4, 0.5) is 0 Å². The van der Waals surface area contributed by atoms with Gasteiger partial charge in [0.25, 0.3) is 0 Å². The molecule has 0 spiro atoms. The van der Waals surface area contributed by atoms with Crippen molar-refractivity contribution in [1.29, 1.82) is 0 Å². The molecule has 0 heterocycles. The highest BCUT2D eigenvalue weighted by Gasteiger charge is 2.17. The molecule has 0 unspecified atom stereocenters. The molecule has 4 rings (SSSR count). The molecule has 0 fully saturated rings. The van der Waals surface area contributed by atoms with Crippen LogP contribution in [0.2, 0.25) is 0 Å². The first-order chi connectivity index (χ1) is 15.6. The Kier molecular flexibility index (Phi) is 5.49. The van der Waals surface area contributed by atoms with Crippen molar-refractivity contribution in [2.75, 3.05) is 0 Å². The molecule has 0 aliphatic heterocycles. The second-order valence-corrected chi connectivity index (χ2v) is 8.27. The van der Waals surface area contributed by atoms with Crippen LogP contribution in [-0.4, -0.2) is 40.9 Å². The van der Waals surface area contributed by atoms with Crippen LogP contribution in [0.25, 0.3) is 22.3 Å². The maximum atomic E-state index is 10.0. The van der Waals surface area contributed by atoms with Crippen LogP contribution < -0.4 is 0 Å². The molecule has 9 heteroatoms. The lowest BCUT2D eigenvalue weighted by Gasteiger charge is -2.15. The summed E-state index contributed by atoms with van der Waals surface area (Å²) in [6, 6.07) is 13.9. The smallest absolute Gasteiger partial charge is 0.200 e. The zero-order valence-electron chi connectivity index (χ0n) is 16.8. The fourth-order valence-electron chi connectivity index (χ4n) is 3.30. The van der Waals surface area contributed by atoms with Gasteiger partial charge in [-0.1, -0.05) is 11.8 Å². The van der Waals surface area contributed by atoms with Crippen molar-refractivity contribution in [2.45, 2.75) is 9.79 Å². The van der Waals surface area contributed by atoms with E-state index >= 15 is 0 Å². The molecule has 0 aromatic heterocycles. The van der Waals surface area contributed by atoms with E-state index in [1.54, 1.807) is 12.1 Å². The highest BCUT2D eigenvalue weighted by Crippen LogP contribution is 2.47. The predicted molar refractivity (Wildman–Crippen MR) is 121 cm³/mol. The van der Waals surface area contributed by atoms with E-state index in [-0.39, 0.29) is 11.5 Å². The minimum atomic E-state index is -0.666. The van der Waals surface area contributed by atoms with E-state index in [4.69, 9.17) is 0 Å². The molecule has 33 heavy (non-hydrogen) atoms. The number of phenols is 8. The highest BCUT2D eigenvalue weighted by molar-refractivity contribution is 7.99. The van der Waals surface area contributed by atoms with Crippen LogP contribution in [0.1, 0.15) is 0 Å².